The minimum absolute atomic E-state index is 0.467. The van der Waals surface area contributed by atoms with Gasteiger partial charge < -0.3 is 0 Å². The molecule has 0 aromatic carbocycles. The Morgan fingerprint density at radius 3 is 2.75 bits per heavy atom. The van der Waals surface area contributed by atoms with Gasteiger partial charge in [0.1, 0.15) is 6.04 Å². The Kier molecular flexibility index (Phi) is 3.85. The van der Waals surface area contributed by atoms with E-state index in [1.165, 1.54) is 12.4 Å². The van der Waals surface area contributed by atoms with E-state index in [-0.39, 0.29) is 0 Å². The van der Waals surface area contributed by atoms with Crippen LogP contribution in [0.3, 0.4) is 0 Å². The van der Waals surface area contributed by atoms with E-state index in [4.69, 9.17) is 5.26 Å². The molecule has 0 saturated carbocycles. The predicted molar refractivity (Wildman–Crippen MR) is 51.4 cm³/mol. The largest absolute Gasteiger partial charge is 0.401 e. The van der Waals surface area contributed by atoms with Crippen LogP contribution >= 0.6 is 0 Å². The number of aryl methyl sites for hydroxylation is 1. The fourth-order valence-corrected chi connectivity index (χ4v) is 1.22. The second-order valence-corrected chi connectivity index (χ2v) is 3.29. The first kappa shape index (κ1) is 12.5. The van der Waals surface area contributed by atoms with Gasteiger partial charge in [-0.3, -0.25) is 10.3 Å². The van der Waals surface area contributed by atoms with Crippen molar-refractivity contribution in [3.05, 3.63) is 29.6 Å². The maximum absolute atomic E-state index is 12.0. The molecule has 0 amide bonds. The van der Waals surface area contributed by atoms with Gasteiger partial charge in [0, 0.05) is 18.0 Å². The molecular weight excluding hydrogens is 219 g/mol. The average Bonchev–Trinajstić information content (AvgIpc) is 2.20. The highest BCUT2D eigenvalue weighted by atomic mass is 19.4. The summed E-state index contributed by atoms with van der Waals surface area (Å²) in [6, 6.07) is 2.44. The minimum Gasteiger partial charge on any atom is -0.290 e. The third kappa shape index (κ3) is 3.51. The van der Waals surface area contributed by atoms with Crippen LogP contribution < -0.4 is 5.32 Å². The summed E-state index contributed by atoms with van der Waals surface area (Å²) in [5.74, 6) is 0. The van der Waals surface area contributed by atoms with Gasteiger partial charge in [-0.1, -0.05) is 0 Å². The van der Waals surface area contributed by atoms with Crippen molar-refractivity contribution in [1.82, 2.24) is 10.3 Å². The molecule has 3 nitrogen and oxygen atoms in total. The van der Waals surface area contributed by atoms with Crippen LogP contribution in [-0.2, 0) is 0 Å². The molecule has 1 N–H and O–H groups in total. The molecule has 1 unspecified atom stereocenters. The number of nitriles is 1. The fraction of sp³-hybridized carbons (Fsp3) is 0.400. The van der Waals surface area contributed by atoms with Crippen LogP contribution in [0.1, 0.15) is 17.2 Å². The Bertz CT molecular complexity index is 395. The maximum atomic E-state index is 12.0. The summed E-state index contributed by atoms with van der Waals surface area (Å²) in [4.78, 5) is 3.79. The van der Waals surface area contributed by atoms with E-state index in [1.54, 1.807) is 19.1 Å². The zero-order valence-electron chi connectivity index (χ0n) is 8.54. The number of nitrogens with zero attached hydrogens (tertiary/aromatic N) is 2. The van der Waals surface area contributed by atoms with Gasteiger partial charge in [0.15, 0.2) is 0 Å². The van der Waals surface area contributed by atoms with Crippen LogP contribution in [0.2, 0.25) is 0 Å². The molecule has 16 heavy (non-hydrogen) atoms. The van der Waals surface area contributed by atoms with Gasteiger partial charge in [-0.15, -0.1) is 0 Å². The van der Waals surface area contributed by atoms with Gasteiger partial charge in [0.05, 0.1) is 12.6 Å². The molecule has 1 heterocycles. The van der Waals surface area contributed by atoms with Crippen LogP contribution in [0, 0.1) is 18.3 Å². The molecule has 6 heteroatoms. The molecule has 1 aromatic rings. The Labute approximate surface area is 90.9 Å². The summed E-state index contributed by atoms with van der Waals surface area (Å²) >= 11 is 0. The first-order valence-corrected chi connectivity index (χ1v) is 4.54. The molecule has 1 atom stereocenters. The number of hydrogen-bond acceptors (Lipinski definition) is 3. The third-order valence-corrected chi connectivity index (χ3v) is 2.03. The van der Waals surface area contributed by atoms with Crippen LogP contribution in [-0.4, -0.2) is 17.7 Å². The summed E-state index contributed by atoms with van der Waals surface area (Å²) in [6.45, 7) is 0.524. The lowest BCUT2D eigenvalue weighted by Gasteiger charge is -2.14. The van der Waals surface area contributed by atoms with Crippen molar-refractivity contribution in [2.24, 2.45) is 0 Å². The first-order chi connectivity index (χ1) is 7.44. The van der Waals surface area contributed by atoms with Crippen LogP contribution in [0.5, 0.6) is 0 Å². The van der Waals surface area contributed by atoms with Crippen molar-refractivity contribution in [2.45, 2.75) is 19.1 Å². The predicted octanol–water partition coefficient (Wildman–Crippen LogP) is 2.11. The van der Waals surface area contributed by atoms with Gasteiger partial charge in [-0.25, -0.2) is 0 Å². The van der Waals surface area contributed by atoms with Crippen molar-refractivity contribution < 1.29 is 13.2 Å². The summed E-state index contributed by atoms with van der Waals surface area (Å²) in [5, 5.41) is 10.9. The number of hydrogen-bond donors (Lipinski definition) is 1. The summed E-state index contributed by atoms with van der Waals surface area (Å²) < 4.78 is 35.9. The molecular formula is C10H10F3N3. The Balaban J connectivity index is 2.77. The molecule has 0 aliphatic rings. The van der Waals surface area contributed by atoms with Crippen molar-refractivity contribution in [1.29, 1.82) is 5.26 Å². The molecule has 0 radical (unpaired) electrons. The molecule has 1 rings (SSSR count). The highest BCUT2D eigenvalue weighted by molar-refractivity contribution is 5.29. The summed E-state index contributed by atoms with van der Waals surface area (Å²) in [5.41, 5.74) is 1.20. The van der Waals surface area contributed by atoms with Gasteiger partial charge in [0.2, 0.25) is 0 Å². The van der Waals surface area contributed by atoms with Crippen LogP contribution in [0.4, 0.5) is 13.2 Å². The third-order valence-electron chi connectivity index (χ3n) is 2.03. The monoisotopic (exact) mass is 229 g/mol. The zero-order chi connectivity index (χ0) is 12.2. The number of alkyl halides is 3. The van der Waals surface area contributed by atoms with Gasteiger partial charge in [-0.2, -0.15) is 18.4 Å². The molecule has 0 saturated heterocycles. The Morgan fingerprint density at radius 2 is 2.25 bits per heavy atom. The summed E-state index contributed by atoms with van der Waals surface area (Å²) in [7, 11) is 0. The lowest BCUT2D eigenvalue weighted by atomic mass is 10.1. The van der Waals surface area contributed by atoms with E-state index in [0.29, 0.717) is 5.56 Å². The molecule has 0 fully saturated rings. The molecule has 0 spiro atoms. The van der Waals surface area contributed by atoms with E-state index < -0.39 is 18.8 Å². The number of aromatic nitrogens is 1. The topological polar surface area (TPSA) is 48.7 Å². The van der Waals surface area contributed by atoms with Gasteiger partial charge in [-0.05, 0) is 18.6 Å². The van der Waals surface area contributed by atoms with Gasteiger partial charge in [0.25, 0.3) is 0 Å². The second kappa shape index (κ2) is 4.94. The highest BCUT2D eigenvalue weighted by Crippen LogP contribution is 2.18. The van der Waals surface area contributed by atoms with Crippen molar-refractivity contribution in [3.63, 3.8) is 0 Å². The van der Waals surface area contributed by atoms with Crippen molar-refractivity contribution in [2.75, 3.05) is 6.54 Å². The number of rotatable bonds is 3. The smallest absolute Gasteiger partial charge is 0.290 e. The van der Waals surface area contributed by atoms with E-state index in [9.17, 15) is 13.2 Å². The Morgan fingerprint density at radius 1 is 1.56 bits per heavy atom. The normalized spacial score (nSPS) is 13.2. The molecule has 0 aliphatic heterocycles. The van der Waals surface area contributed by atoms with Crippen molar-refractivity contribution in [3.8, 4) is 6.07 Å². The SMILES string of the molecule is Cc1ccncc1C(C#N)NCC(F)(F)F. The Hall–Kier alpha value is -1.61. The number of nitrogens with one attached hydrogen (secondary N) is 1. The van der Waals surface area contributed by atoms with Gasteiger partial charge >= 0.3 is 6.18 Å². The maximum Gasteiger partial charge on any atom is 0.401 e. The lowest BCUT2D eigenvalue weighted by molar-refractivity contribution is -0.125. The number of pyridine rings is 1. The minimum atomic E-state index is -4.33. The molecule has 1 aromatic heterocycles. The molecule has 86 valence electrons. The second-order valence-electron chi connectivity index (χ2n) is 3.29. The van der Waals surface area contributed by atoms with E-state index in [0.717, 1.165) is 5.56 Å². The van der Waals surface area contributed by atoms with E-state index in [2.05, 4.69) is 10.3 Å². The van der Waals surface area contributed by atoms with Crippen LogP contribution in [0.15, 0.2) is 18.5 Å². The van der Waals surface area contributed by atoms with E-state index in [1.807, 2.05) is 0 Å². The average molecular weight is 229 g/mol. The molecule has 0 aliphatic carbocycles. The number of halogens is 3. The first-order valence-electron chi connectivity index (χ1n) is 4.54. The van der Waals surface area contributed by atoms with Crippen molar-refractivity contribution >= 4 is 0 Å². The van der Waals surface area contributed by atoms with E-state index >= 15 is 0 Å². The lowest BCUT2D eigenvalue weighted by Crippen LogP contribution is -2.31. The zero-order valence-corrected chi connectivity index (χ0v) is 8.54. The molecule has 0 bridgehead atoms. The standard InChI is InChI=1S/C10H10F3N3/c1-7-2-3-15-5-8(7)9(4-14)16-6-10(11,12)13/h2-3,5,9,16H,6H2,1H3. The van der Waals surface area contributed by atoms with Crippen LogP contribution in [0.25, 0.3) is 0 Å². The summed E-state index contributed by atoms with van der Waals surface area (Å²) in [6.07, 6.45) is -1.41. The quantitative estimate of drug-likeness (QED) is 0.863. The highest BCUT2D eigenvalue weighted by Gasteiger charge is 2.28. The fourth-order valence-electron chi connectivity index (χ4n) is 1.22.